The molecule has 2 heterocycles. The predicted octanol–water partition coefficient (Wildman–Crippen LogP) is 11.0. The molecule has 0 spiro atoms. The lowest BCUT2D eigenvalue weighted by Crippen LogP contribution is -2.26. The number of allylic oxidation sites excluding steroid dienone is 2. The molecule has 0 saturated carbocycles. The Balaban J connectivity index is 1.20. The van der Waals surface area contributed by atoms with E-state index in [0.717, 1.165) is 6.42 Å². The van der Waals surface area contributed by atoms with E-state index in [1.54, 1.807) is 0 Å². The Bertz CT molecular complexity index is 2250. The van der Waals surface area contributed by atoms with Crippen molar-refractivity contribution in [3.05, 3.63) is 169 Å². The van der Waals surface area contributed by atoms with Gasteiger partial charge in [0.05, 0.1) is 17.1 Å². The number of hydrogen-bond acceptors (Lipinski definition) is 1. The summed E-state index contributed by atoms with van der Waals surface area (Å²) in [6.07, 6.45) is 7.82. The molecule has 7 aromatic rings. The second-order valence-corrected chi connectivity index (χ2v) is 11.7. The van der Waals surface area contributed by atoms with Crippen molar-refractivity contribution in [1.82, 2.24) is 4.57 Å². The van der Waals surface area contributed by atoms with Crippen molar-refractivity contribution < 1.29 is 0 Å². The van der Waals surface area contributed by atoms with Gasteiger partial charge < -0.3 is 9.47 Å². The number of fused-ring (bicyclic) bond motifs is 6. The summed E-state index contributed by atoms with van der Waals surface area (Å²) in [5.74, 6) is 0. The molecule has 0 bridgehead atoms. The molecule has 9 rings (SSSR count). The van der Waals surface area contributed by atoms with Crippen molar-refractivity contribution in [3.8, 4) is 27.9 Å². The summed E-state index contributed by atoms with van der Waals surface area (Å²) >= 11 is 0. The third kappa shape index (κ3) is 3.81. The Hall–Kier alpha value is -5.60. The van der Waals surface area contributed by atoms with E-state index >= 15 is 0 Å². The Morgan fingerprint density at radius 2 is 1.14 bits per heavy atom. The summed E-state index contributed by atoms with van der Waals surface area (Å²) in [7, 11) is 0. The first-order valence-corrected chi connectivity index (χ1v) is 15.4. The Morgan fingerprint density at radius 3 is 1.93 bits per heavy atom. The lowest BCUT2D eigenvalue weighted by atomic mass is 9.90. The van der Waals surface area contributed by atoms with Crippen LogP contribution in [0.3, 0.4) is 0 Å². The summed E-state index contributed by atoms with van der Waals surface area (Å²) in [5.41, 5.74) is 13.9. The second-order valence-electron chi connectivity index (χ2n) is 11.7. The highest BCUT2D eigenvalue weighted by Gasteiger charge is 2.35. The van der Waals surface area contributed by atoms with E-state index in [2.05, 4.69) is 173 Å². The first-order chi connectivity index (χ1) is 21.8. The fourth-order valence-corrected chi connectivity index (χ4v) is 7.33. The van der Waals surface area contributed by atoms with Gasteiger partial charge in [0.2, 0.25) is 0 Å². The van der Waals surface area contributed by atoms with Gasteiger partial charge in [-0.2, -0.15) is 0 Å². The van der Waals surface area contributed by atoms with Crippen LogP contribution < -0.4 is 4.90 Å². The number of nitrogens with zero attached hydrogens (tertiary/aromatic N) is 2. The minimum Gasteiger partial charge on any atom is -0.333 e. The highest BCUT2D eigenvalue weighted by Crippen LogP contribution is 2.49. The van der Waals surface area contributed by atoms with Gasteiger partial charge in [0.1, 0.15) is 0 Å². The van der Waals surface area contributed by atoms with Crippen LogP contribution in [0.1, 0.15) is 12.0 Å². The maximum atomic E-state index is 2.51. The van der Waals surface area contributed by atoms with E-state index in [4.69, 9.17) is 0 Å². The number of para-hydroxylation sites is 3. The second kappa shape index (κ2) is 10.00. The van der Waals surface area contributed by atoms with Crippen molar-refractivity contribution in [2.75, 3.05) is 4.90 Å². The summed E-state index contributed by atoms with van der Waals surface area (Å²) < 4.78 is 2.38. The van der Waals surface area contributed by atoms with E-state index in [1.807, 2.05) is 0 Å². The van der Waals surface area contributed by atoms with Crippen molar-refractivity contribution >= 4 is 38.8 Å². The standard InChI is InChI=1S/C42H30N2/c1-3-13-31(14-4-1)43-39-21-11-9-19-35(39)37-27-29(23-25-41(37)43)33-17-7-8-18-34(33)30-24-26-42-38(28-30)36-20-10-12-22-40(36)44(42)32-15-5-2-6-16-32/h1-21,23-28,40H,22H2. The van der Waals surface area contributed by atoms with Gasteiger partial charge in [-0.1, -0.05) is 109 Å². The van der Waals surface area contributed by atoms with Crippen molar-refractivity contribution in [1.29, 1.82) is 0 Å². The molecule has 0 N–H and O–H groups in total. The Morgan fingerprint density at radius 1 is 0.500 bits per heavy atom. The molecule has 2 heteroatoms. The minimum absolute atomic E-state index is 0.326. The first-order valence-electron chi connectivity index (χ1n) is 15.4. The van der Waals surface area contributed by atoms with Crippen molar-refractivity contribution in [2.24, 2.45) is 0 Å². The van der Waals surface area contributed by atoms with Crippen molar-refractivity contribution in [3.63, 3.8) is 0 Å². The predicted molar refractivity (Wildman–Crippen MR) is 186 cm³/mol. The molecule has 0 radical (unpaired) electrons. The zero-order chi connectivity index (χ0) is 29.0. The normalized spacial score (nSPS) is 15.4. The molecule has 1 aromatic heterocycles. The lowest BCUT2D eigenvalue weighted by Gasteiger charge is -2.28. The topological polar surface area (TPSA) is 8.17 Å². The molecule has 0 fully saturated rings. The molecule has 208 valence electrons. The van der Waals surface area contributed by atoms with Gasteiger partial charge in [-0.05, 0) is 88.8 Å². The van der Waals surface area contributed by atoms with Crippen LogP contribution in [0, 0.1) is 0 Å². The summed E-state index contributed by atoms with van der Waals surface area (Å²) in [4.78, 5) is 2.51. The molecule has 1 aliphatic heterocycles. The smallest absolute Gasteiger partial charge is 0.0632 e. The van der Waals surface area contributed by atoms with Crippen LogP contribution in [0.5, 0.6) is 0 Å². The van der Waals surface area contributed by atoms with Crippen molar-refractivity contribution in [2.45, 2.75) is 12.5 Å². The number of rotatable bonds is 4. The Kier molecular flexibility index (Phi) is 5.67. The molecule has 2 aliphatic rings. The van der Waals surface area contributed by atoms with Crippen LogP contribution in [0.25, 0.3) is 55.3 Å². The molecule has 1 atom stereocenters. The van der Waals surface area contributed by atoms with Gasteiger partial charge in [0, 0.05) is 33.4 Å². The van der Waals surface area contributed by atoms with E-state index in [9.17, 15) is 0 Å². The fourth-order valence-electron chi connectivity index (χ4n) is 7.33. The highest BCUT2D eigenvalue weighted by molar-refractivity contribution is 6.11. The van der Waals surface area contributed by atoms with Gasteiger partial charge >= 0.3 is 0 Å². The SMILES string of the molecule is C1=CCC2C(=C1)c1cc(-c3ccccc3-c3ccc4c(c3)c3ccccc3n4-c3ccccc3)ccc1N2c1ccccc1. The maximum Gasteiger partial charge on any atom is 0.0632 e. The van der Waals surface area contributed by atoms with Crippen LogP contribution in [-0.2, 0) is 0 Å². The van der Waals surface area contributed by atoms with Gasteiger partial charge in [0.25, 0.3) is 0 Å². The lowest BCUT2D eigenvalue weighted by molar-refractivity contribution is 0.829. The fraction of sp³-hybridized carbons (Fsp3) is 0.0476. The minimum atomic E-state index is 0.326. The summed E-state index contributed by atoms with van der Waals surface area (Å²) in [6.45, 7) is 0. The van der Waals surface area contributed by atoms with Crippen LogP contribution in [0.2, 0.25) is 0 Å². The largest absolute Gasteiger partial charge is 0.333 e. The maximum absolute atomic E-state index is 2.51. The molecule has 1 unspecified atom stereocenters. The van der Waals surface area contributed by atoms with E-state index in [0.29, 0.717) is 6.04 Å². The quantitative estimate of drug-likeness (QED) is 0.207. The zero-order valence-corrected chi connectivity index (χ0v) is 24.3. The van der Waals surface area contributed by atoms with Gasteiger partial charge in [0.15, 0.2) is 0 Å². The molecule has 0 amide bonds. The van der Waals surface area contributed by atoms with E-state index in [1.165, 1.54) is 72.3 Å². The average Bonchev–Trinajstić information content (AvgIpc) is 3.61. The molecular formula is C42H30N2. The molecule has 2 nitrogen and oxygen atoms in total. The highest BCUT2D eigenvalue weighted by atomic mass is 15.2. The van der Waals surface area contributed by atoms with Crippen LogP contribution in [0.15, 0.2) is 164 Å². The third-order valence-corrected chi connectivity index (χ3v) is 9.28. The number of hydrogen-bond donors (Lipinski definition) is 0. The molecule has 1 aliphatic carbocycles. The van der Waals surface area contributed by atoms with E-state index < -0.39 is 0 Å². The third-order valence-electron chi connectivity index (χ3n) is 9.28. The first kappa shape index (κ1) is 24.9. The molecule has 0 saturated heterocycles. The van der Waals surface area contributed by atoms with Crippen LogP contribution >= 0.6 is 0 Å². The Labute approximate surface area is 257 Å². The number of aromatic nitrogens is 1. The zero-order valence-electron chi connectivity index (χ0n) is 24.3. The van der Waals surface area contributed by atoms with Gasteiger partial charge in [-0.15, -0.1) is 0 Å². The van der Waals surface area contributed by atoms with Gasteiger partial charge in [-0.25, -0.2) is 0 Å². The van der Waals surface area contributed by atoms with E-state index in [-0.39, 0.29) is 0 Å². The summed E-state index contributed by atoms with van der Waals surface area (Å²) in [6, 6.07) is 53.4. The average molecular weight is 563 g/mol. The molecule has 44 heavy (non-hydrogen) atoms. The number of anilines is 2. The summed E-state index contributed by atoms with van der Waals surface area (Å²) in [5, 5.41) is 2.54. The van der Waals surface area contributed by atoms with Crippen LogP contribution in [-0.4, -0.2) is 10.6 Å². The molecular weight excluding hydrogens is 532 g/mol. The van der Waals surface area contributed by atoms with Crippen LogP contribution in [0.4, 0.5) is 11.4 Å². The monoisotopic (exact) mass is 562 g/mol. The molecule has 6 aromatic carbocycles. The number of benzene rings is 6. The van der Waals surface area contributed by atoms with Gasteiger partial charge in [-0.3, -0.25) is 0 Å².